The molecule has 1 atom stereocenters. The van der Waals surface area contributed by atoms with Gasteiger partial charge in [-0.1, -0.05) is 23.2 Å². The second-order valence-electron chi connectivity index (χ2n) is 9.96. The van der Waals surface area contributed by atoms with Gasteiger partial charge in [0.1, 0.15) is 29.4 Å². The van der Waals surface area contributed by atoms with Crippen molar-refractivity contribution in [3.63, 3.8) is 0 Å². The molecule has 0 aliphatic carbocycles. The van der Waals surface area contributed by atoms with Gasteiger partial charge in [-0.05, 0) is 39.1 Å². The molecule has 0 saturated heterocycles. The molecule has 0 fully saturated rings. The Labute approximate surface area is 250 Å². The van der Waals surface area contributed by atoms with Gasteiger partial charge in [-0.15, -0.1) is 0 Å². The van der Waals surface area contributed by atoms with Gasteiger partial charge in [0.15, 0.2) is 5.82 Å². The van der Waals surface area contributed by atoms with Crippen LogP contribution in [0.5, 0.6) is 5.75 Å². The van der Waals surface area contributed by atoms with Crippen molar-refractivity contribution in [1.82, 2.24) is 30.6 Å². The number of anilines is 2. The standard InChI is InChI=1S/C28H35Cl2N9O2/c1-15(25(30)31)23(33-4)24-16(2)27(39-12-17-10-34-28(38(5)6)35-22(17)13-39)37-26(36-24)20-9-19(7-8-21(20)29)41-14-18(40)11-32-3/h7-10,18,31-33,40H,11-14H2,1-6H3/b23-15-,31-25?/t18-/m1/s1. The summed E-state index contributed by atoms with van der Waals surface area (Å²) in [5.41, 5.74) is 5.07. The van der Waals surface area contributed by atoms with E-state index in [1.165, 1.54) is 0 Å². The van der Waals surface area contributed by atoms with Crippen molar-refractivity contribution >= 4 is 45.8 Å². The van der Waals surface area contributed by atoms with Gasteiger partial charge in [0.2, 0.25) is 5.95 Å². The number of aromatic nitrogens is 4. The Morgan fingerprint density at radius 1 is 1.22 bits per heavy atom. The van der Waals surface area contributed by atoms with Gasteiger partial charge in [0.05, 0.1) is 28.7 Å². The summed E-state index contributed by atoms with van der Waals surface area (Å²) in [6.45, 7) is 5.34. The molecule has 1 aromatic carbocycles. The minimum absolute atomic E-state index is 0.0934. The first-order chi connectivity index (χ1) is 19.5. The number of likely N-dealkylation sites (N-methyl/N-ethyl adjacent to an activating group) is 1. The predicted molar refractivity (Wildman–Crippen MR) is 164 cm³/mol. The smallest absolute Gasteiger partial charge is 0.225 e. The fourth-order valence-corrected chi connectivity index (χ4v) is 4.83. The van der Waals surface area contributed by atoms with Crippen LogP contribution < -0.4 is 25.2 Å². The van der Waals surface area contributed by atoms with Crippen LogP contribution in [-0.2, 0) is 13.1 Å². The highest BCUT2D eigenvalue weighted by molar-refractivity contribution is 6.69. The number of benzene rings is 1. The van der Waals surface area contributed by atoms with Crippen LogP contribution in [0.3, 0.4) is 0 Å². The summed E-state index contributed by atoms with van der Waals surface area (Å²) in [6, 6.07) is 5.22. The third-order valence-electron chi connectivity index (χ3n) is 6.71. The SMILES string of the molecule is CNC[C@@H](O)COc1ccc(Cl)c(-c2nc(/C(NC)=C(\C)C(=N)Cl)c(C)c(N3Cc4cnc(N(C)C)nc4C3)n2)c1. The van der Waals surface area contributed by atoms with Crippen molar-refractivity contribution < 1.29 is 9.84 Å². The topological polar surface area (TPSA) is 135 Å². The number of aliphatic hydroxyl groups is 1. The van der Waals surface area contributed by atoms with Gasteiger partial charge < -0.3 is 30.3 Å². The molecule has 13 heteroatoms. The molecule has 1 aliphatic heterocycles. The molecule has 4 N–H and O–H groups in total. The Balaban J connectivity index is 1.83. The fourth-order valence-electron chi connectivity index (χ4n) is 4.53. The Bertz CT molecular complexity index is 1480. The summed E-state index contributed by atoms with van der Waals surface area (Å²) in [4.78, 5) is 23.1. The summed E-state index contributed by atoms with van der Waals surface area (Å²) in [7, 11) is 7.35. The first kappa shape index (κ1) is 30.4. The van der Waals surface area contributed by atoms with E-state index in [2.05, 4.69) is 20.5 Å². The van der Waals surface area contributed by atoms with Gasteiger partial charge in [0, 0.05) is 62.7 Å². The van der Waals surface area contributed by atoms with Crippen molar-refractivity contribution in [2.24, 2.45) is 0 Å². The molecule has 3 aromatic rings. The zero-order valence-corrected chi connectivity index (χ0v) is 25.5. The lowest BCUT2D eigenvalue weighted by Gasteiger charge is -2.23. The van der Waals surface area contributed by atoms with E-state index in [-0.39, 0.29) is 11.8 Å². The van der Waals surface area contributed by atoms with Crippen molar-refractivity contribution in [3.05, 3.63) is 57.5 Å². The van der Waals surface area contributed by atoms with Crippen LogP contribution in [0.25, 0.3) is 17.1 Å². The highest BCUT2D eigenvalue weighted by Crippen LogP contribution is 2.36. The number of ether oxygens (including phenoxy) is 1. The largest absolute Gasteiger partial charge is 0.491 e. The average molecular weight is 601 g/mol. The van der Waals surface area contributed by atoms with E-state index in [4.69, 9.17) is 48.3 Å². The molecule has 0 radical (unpaired) electrons. The van der Waals surface area contributed by atoms with Crippen LogP contribution in [0.2, 0.25) is 5.02 Å². The predicted octanol–water partition coefficient (Wildman–Crippen LogP) is 3.61. The molecule has 2 aromatic heterocycles. The molecule has 218 valence electrons. The number of hydrogen-bond acceptors (Lipinski definition) is 11. The molecule has 41 heavy (non-hydrogen) atoms. The summed E-state index contributed by atoms with van der Waals surface area (Å²) < 4.78 is 5.83. The summed E-state index contributed by atoms with van der Waals surface area (Å²) in [6.07, 6.45) is 1.19. The lowest BCUT2D eigenvalue weighted by molar-refractivity contribution is 0.108. The summed E-state index contributed by atoms with van der Waals surface area (Å²) in [5, 5.41) is 24.6. The third-order valence-corrected chi connectivity index (χ3v) is 7.33. The van der Waals surface area contributed by atoms with E-state index in [0.717, 1.165) is 16.8 Å². The highest BCUT2D eigenvalue weighted by Gasteiger charge is 2.28. The van der Waals surface area contributed by atoms with Crippen molar-refractivity contribution in [1.29, 1.82) is 5.41 Å². The number of hydrogen-bond donors (Lipinski definition) is 4. The van der Waals surface area contributed by atoms with E-state index in [0.29, 0.717) is 70.5 Å². The van der Waals surface area contributed by atoms with Gasteiger partial charge in [0.25, 0.3) is 0 Å². The molecule has 0 unspecified atom stereocenters. The van der Waals surface area contributed by atoms with Crippen LogP contribution in [0.4, 0.5) is 11.8 Å². The van der Waals surface area contributed by atoms with E-state index in [9.17, 15) is 5.11 Å². The number of aliphatic hydroxyl groups excluding tert-OH is 1. The summed E-state index contributed by atoms with van der Waals surface area (Å²) in [5.74, 6) is 2.24. The number of nitrogens with zero attached hydrogens (tertiary/aromatic N) is 6. The lowest BCUT2D eigenvalue weighted by Crippen LogP contribution is -2.29. The van der Waals surface area contributed by atoms with Gasteiger partial charge >= 0.3 is 0 Å². The molecule has 0 spiro atoms. The van der Waals surface area contributed by atoms with Crippen LogP contribution in [0, 0.1) is 12.3 Å². The monoisotopic (exact) mass is 599 g/mol. The van der Waals surface area contributed by atoms with E-state index >= 15 is 0 Å². The van der Waals surface area contributed by atoms with Crippen LogP contribution in [0.15, 0.2) is 30.0 Å². The number of rotatable bonds is 11. The number of nitrogens with one attached hydrogen (secondary N) is 3. The first-order valence-electron chi connectivity index (χ1n) is 13.1. The van der Waals surface area contributed by atoms with Gasteiger partial charge in [-0.2, -0.15) is 0 Å². The third kappa shape index (κ3) is 6.70. The van der Waals surface area contributed by atoms with Crippen LogP contribution >= 0.6 is 23.2 Å². The molecular weight excluding hydrogens is 565 g/mol. The zero-order valence-electron chi connectivity index (χ0n) is 24.0. The van der Waals surface area contributed by atoms with E-state index in [1.807, 2.05) is 32.1 Å². The molecule has 0 amide bonds. The molecular formula is C28H35Cl2N9O2. The minimum Gasteiger partial charge on any atom is -0.491 e. The highest BCUT2D eigenvalue weighted by atomic mass is 35.5. The molecule has 0 saturated carbocycles. The second kappa shape index (κ2) is 13.0. The van der Waals surface area contributed by atoms with Crippen molar-refractivity contribution in [2.45, 2.75) is 33.0 Å². The quantitative estimate of drug-likeness (QED) is 0.242. The average Bonchev–Trinajstić information content (AvgIpc) is 3.37. The lowest BCUT2D eigenvalue weighted by atomic mass is 10.1. The fraction of sp³-hybridized carbons (Fsp3) is 0.393. The van der Waals surface area contributed by atoms with Crippen LogP contribution in [0.1, 0.15) is 29.4 Å². The zero-order chi connectivity index (χ0) is 29.8. The summed E-state index contributed by atoms with van der Waals surface area (Å²) >= 11 is 12.8. The first-order valence-corrected chi connectivity index (χ1v) is 13.8. The van der Waals surface area contributed by atoms with E-state index < -0.39 is 6.10 Å². The maximum atomic E-state index is 10.1. The molecule has 0 bridgehead atoms. The molecule has 4 rings (SSSR count). The Morgan fingerprint density at radius 3 is 2.63 bits per heavy atom. The number of allylic oxidation sites excluding steroid dienone is 1. The molecule has 1 aliphatic rings. The Hall–Kier alpha value is -3.51. The van der Waals surface area contributed by atoms with Gasteiger partial charge in [-0.25, -0.2) is 19.9 Å². The van der Waals surface area contributed by atoms with Crippen molar-refractivity contribution in [3.8, 4) is 17.1 Å². The van der Waals surface area contributed by atoms with Gasteiger partial charge in [-0.3, -0.25) is 5.41 Å². The van der Waals surface area contributed by atoms with Crippen LogP contribution in [-0.4, -0.2) is 77.7 Å². The maximum Gasteiger partial charge on any atom is 0.225 e. The van der Waals surface area contributed by atoms with Crippen molar-refractivity contribution in [2.75, 3.05) is 51.1 Å². The minimum atomic E-state index is -0.668. The maximum absolute atomic E-state index is 10.1. The number of fused-ring (bicyclic) bond motifs is 1. The normalized spacial score (nSPS) is 13.9. The Kier molecular flexibility index (Phi) is 9.64. The molecule has 3 heterocycles. The van der Waals surface area contributed by atoms with E-state index in [1.54, 1.807) is 39.2 Å². The number of halogens is 2. The second-order valence-corrected chi connectivity index (χ2v) is 10.8. The molecule has 11 nitrogen and oxygen atoms in total. The Morgan fingerprint density at radius 2 is 1.98 bits per heavy atom.